The fourth-order valence-electron chi connectivity index (χ4n) is 3.83. The SMILES string of the molecule is CCC(NN=C1CCCc2ccccc21)OCc1c(C)cccc1-n1nnn(C)c1=O. The maximum absolute atomic E-state index is 12.3. The van der Waals surface area contributed by atoms with E-state index < -0.39 is 0 Å². The van der Waals surface area contributed by atoms with E-state index in [-0.39, 0.29) is 11.9 Å². The summed E-state index contributed by atoms with van der Waals surface area (Å²) < 4.78 is 8.67. The minimum atomic E-state index is -0.292. The van der Waals surface area contributed by atoms with E-state index in [1.165, 1.54) is 20.5 Å². The van der Waals surface area contributed by atoms with Crippen LogP contribution >= 0.6 is 0 Å². The van der Waals surface area contributed by atoms with E-state index in [0.717, 1.165) is 42.5 Å². The molecule has 0 saturated heterocycles. The monoisotopic (exact) mass is 420 g/mol. The second-order valence-electron chi connectivity index (χ2n) is 7.78. The third-order valence-corrected chi connectivity index (χ3v) is 5.67. The number of rotatable bonds is 7. The van der Waals surface area contributed by atoms with Gasteiger partial charge in [-0.1, -0.05) is 43.3 Å². The smallest absolute Gasteiger partial charge is 0.352 e. The second-order valence-corrected chi connectivity index (χ2v) is 7.78. The van der Waals surface area contributed by atoms with Crippen molar-refractivity contribution in [3.63, 3.8) is 0 Å². The van der Waals surface area contributed by atoms with Gasteiger partial charge in [0, 0.05) is 18.2 Å². The van der Waals surface area contributed by atoms with E-state index in [1.54, 1.807) is 7.05 Å². The predicted molar refractivity (Wildman–Crippen MR) is 119 cm³/mol. The molecule has 2 aromatic carbocycles. The zero-order valence-corrected chi connectivity index (χ0v) is 18.2. The van der Waals surface area contributed by atoms with Crippen LogP contribution < -0.4 is 11.1 Å². The fourth-order valence-corrected chi connectivity index (χ4v) is 3.83. The van der Waals surface area contributed by atoms with Gasteiger partial charge in [0.2, 0.25) is 0 Å². The van der Waals surface area contributed by atoms with Crippen LogP contribution in [-0.2, 0) is 24.8 Å². The minimum absolute atomic E-state index is 0.243. The van der Waals surface area contributed by atoms with Gasteiger partial charge in [0.25, 0.3) is 0 Å². The van der Waals surface area contributed by atoms with Crippen molar-refractivity contribution in [1.82, 2.24) is 25.2 Å². The number of ether oxygens (including phenoxy) is 1. The average molecular weight is 421 g/mol. The van der Waals surface area contributed by atoms with E-state index >= 15 is 0 Å². The molecule has 31 heavy (non-hydrogen) atoms. The lowest BCUT2D eigenvalue weighted by Gasteiger charge is -2.21. The summed E-state index contributed by atoms with van der Waals surface area (Å²) >= 11 is 0. The lowest BCUT2D eigenvalue weighted by molar-refractivity contribution is 0.0157. The molecule has 3 aromatic rings. The van der Waals surface area contributed by atoms with Crippen molar-refractivity contribution in [1.29, 1.82) is 0 Å². The van der Waals surface area contributed by atoms with Gasteiger partial charge in [0.05, 0.1) is 18.0 Å². The molecule has 1 N–H and O–H groups in total. The summed E-state index contributed by atoms with van der Waals surface area (Å²) in [6.07, 6.45) is 3.67. The van der Waals surface area contributed by atoms with Crippen LogP contribution in [0.25, 0.3) is 5.69 Å². The van der Waals surface area contributed by atoms with Gasteiger partial charge in [-0.15, -0.1) is 0 Å². The number of fused-ring (bicyclic) bond motifs is 1. The van der Waals surface area contributed by atoms with Crippen LogP contribution in [0.5, 0.6) is 0 Å². The first kappa shape index (κ1) is 21.0. The summed E-state index contributed by atoms with van der Waals surface area (Å²) in [5.41, 5.74) is 9.17. The maximum Gasteiger partial charge on any atom is 0.368 e. The first-order valence-electron chi connectivity index (χ1n) is 10.7. The number of aryl methyl sites for hydroxylation is 3. The molecule has 0 radical (unpaired) electrons. The molecular formula is C23H28N6O2. The van der Waals surface area contributed by atoms with Crippen molar-refractivity contribution in [3.05, 3.63) is 75.2 Å². The summed E-state index contributed by atoms with van der Waals surface area (Å²) in [6.45, 7) is 4.38. The van der Waals surface area contributed by atoms with Crippen molar-refractivity contribution < 1.29 is 4.74 Å². The standard InChI is InChI=1S/C23H28N6O2/c1-4-22(25-24-20-13-8-11-17-10-5-6-12-18(17)20)31-15-19-16(2)9-7-14-21(19)29-23(30)28(3)26-27-29/h5-7,9-10,12,14,22,25H,4,8,11,13,15H2,1-3H3. The minimum Gasteiger partial charge on any atom is -0.352 e. The van der Waals surface area contributed by atoms with Crippen molar-refractivity contribution in [2.24, 2.45) is 12.1 Å². The molecule has 0 aliphatic heterocycles. The van der Waals surface area contributed by atoms with Crippen LogP contribution in [0, 0.1) is 6.92 Å². The quantitative estimate of drug-likeness (QED) is 0.469. The predicted octanol–water partition coefficient (Wildman–Crippen LogP) is 2.86. The first-order valence-corrected chi connectivity index (χ1v) is 10.7. The van der Waals surface area contributed by atoms with Gasteiger partial charge in [0.1, 0.15) is 6.23 Å². The van der Waals surface area contributed by atoms with Crippen molar-refractivity contribution >= 4 is 5.71 Å². The van der Waals surface area contributed by atoms with E-state index in [9.17, 15) is 4.79 Å². The Morgan fingerprint density at radius 1 is 1.16 bits per heavy atom. The lowest BCUT2D eigenvalue weighted by atomic mass is 9.90. The molecule has 4 rings (SSSR count). The van der Waals surface area contributed by atoms with Gasteiger partial charge in [-0.25, -0.2) is 4.79 Å². The summed E-state index contributed by atoms with van der Waals surface area (Å²) in [4.78, 5) is 12.3. The van der Waals surface area contributed by atoms with Crippen LogP contribution in [0.15, 0.2) is 52.4 Å². The molecule has 8 heteroatoms. The largest absolute Gasteiger partial charge is 0.368 e. The van der Waals surface area contributed by atoms with E-state index in [2.05, 4.69) is 52.1 Å². The van der Waals surface area contributed by atoms with Gasteiger partial charge in [-0.3, -0.25) is 5.43 Å². The number of nitrogens with zero attached hydrogens (tertiary/aromatic N) is 5. The Labute approximate surface area is 181 Å². The van der Waals surface area contributed by atoms with E-state index in [4.69, 9.17) is 4.74 Å². The molecule has 0 amide bonds. The van der Waals surface area contributed by atoms with Crippen LogP contribution in [0.1, 0.15) is 48.4 Å². The Balaban J connectivity index is 1.50. The third-order valence-electron chi connectivity index (χ3n) is 5.67. The Hall–Kier alpha value is -3.26. The highest BCUT2D eigenvalue weighted by atomic mass is 16.5. The van der Waals surface area contributed by atoms with E-state index in [1.807, 2.05) is 25.1 Å². The highest BCUT2D eigenvalue weighted by Crippen LogP contribution is 2.22. The molecule has 1 aliphatic rings. The molecule has 1 unspecified atom stereocenters. The van der Waals surface area contributed by atoms with Crippen molar-refractivity contribution in [3.8, 4) is 5.69 Å². The Kier molecular flexibility index (Phi) is 6.27. The van der Waals surface area contributed by atoms with Crippen LogP contribution in [0.4, 0.5) is 0 Å². The molecule has 1 aliphatic carbocycles. The zero-order chi connectivity index (χ0) is 21.8. The third kappa shape index (κ3) is 4.44. The Morgan fingerprint density at radius 3 is 2.77 bits per heavy atom. The Morgan fingerprint density at radius 2 is 2.00 bits per heavy atom. The lowest BCUT2D eigenvalue weighted by Crippen LogP contribution is -2.29. The molecule has 0 fully saturated rings. The Bertz CT molecular complexity index is 1150. The number of hydrazone groups is 1. The normalized spacial score (nSPS) is 15.6. The summed E-state index contributed by atoms with van der Waals surface area (Å²) in [5.74, 6) is 0. The average Bonchev–Trinajstić information content (AvgIpc) is 3.12. The molecule has 0 bridgehead atoms. The molecule has 0 saturated carbocycles. The highest BCUT2D eigenvalue weighted by molar-refractivity contribution is 6.02. The summed E-state index contributed by atoms with van der Waals surface area (Å²) in [5, 5.41) is 12.5. The molecular weight excluding hydrogens is 392 g/mol. The van der Waals surface area contributed by atoms with Gasteiger partial charge in [-0.2, -0.15) is 14.5 Å². The number of tetrazole rings is 1. The van der Waals surface area contributed by atoms with Gasteiger partial charge < -0.3 is 4.74 Å². The van der Waals surface area contributed by atoms with Crippen molar-refractivity contribution in [2.45, 2.75) is 52.4 Å². The summed E-state index contributed by atoms with van der Waals surface area (Å²) in [7, 11) is 1.58. The zero-order valence-electron chi connectivity index (χ0n) is 18.2. The molecule has 1 heterocycles. The van der Waals surface area contributed by atoms with Crippen LogP contribution in [-0.4, -0.2) is 31.7 Å². The van der Waals surface area contributed by atoms with Gasteiger partial charge in [-0.05, 0) is 60.2 Å². The summed E-state index contributed by atoms with van der Waals surface area (Å²) in [6, 6.07) is 14.2. The fraction of sp³-hybridized carbons (Fsp3) is 0.391. The number of hydrogen-bond acceptors (Lipinski definition) is 6. The van der Waals surface area contributed by atoms with E-state index in [0.29, 0.717) is 12.3 Å². The number of nitrogens with one attached hydrogen (secondary N) is 1. The topological polar surface area (TPSA) is 86.3 Å². The highest BCUT2D eigenvalue weighted by Gasteiger charge is 2.17. The number of aromatic nitrogens is 4. The maximum atomic E-state index is 12.3. The molecule has 1 atom stereocenters. The molecule has 8 nitrogen and oxygen atoms in total. The first-order chi connectivity index (χ1) is 15.1. The van der Waals surface area contributed by atoms with Gasteiger partial charge >= 0.3 is 5.69 Å². The number of hydrogen-bond donors (Lipinski definition) is 1. The molecule has 162 valence electrons. The second kappa shape index (κ2) is 9.26. The number of benzene rings is 2. The van der Waals surface area contributed by atoms with Crippen LogP contribution in [0.3, 0.4) is 0 Å². The molecule has 1 aromatic heterocycles. The molecule has 0 spiro atoms. The van der Waals surface area contributed by atoms with Crippen molar-refractivity contribution in [2.75, 3.05) is 0 Å². The van der Waals surface area contributed by atoms with Crippen LogP contribution in [0.2, 0.25) is 0 Å². The van der Waals surface area contributed by atoms with Gasteiger partial charge in [0.15, 0.2) is 0 Å².